The molecule has 1 atom stereocenters. The molecule has 1 aliphatic rings. The summed E-state index contributed by atoms with van der Waals surface area (Å²) >= 11 is 0. The van der Waals surface area contributed by atoms with Gasteiger partial charge in [0, 0.05) is 39.1 Å². The highest BCUT2D eigenvalue weighted by molar-refractivity contribution is 5.83. The highest BCUT2D eigenvalue weighted by Crippen LogP contribution is 2.27. The summed E-state index contributed by atoms with van der Waals surface area (Å²) in [5, 5.41) is 0. The number of carbonyl (C=O) groups is 2. The minimum Gasteiger partial charge on any atom is -0.344 e. The fourth-order valence-electron chi connectivity index (χ4n) is 4.20. The van der Waals surface area contributed by atoms with E-state index in [0.29, 0.717) is 26.1 Å². The summed E-state index contributed by atoms with van der Waals surface area (Å²) in [6.07, 6.45) is 4.12. The zero-order valence-corrected chi connectivity index (χ0v) is 18.1. The molecule has 1 fully saturated rings. The molecule has 2 aromatic carbocycles. The lowest BCUT2D eigenvalue weighted by Gasteiger charge is -2.24. The second-order valence-electron chi connectivity index (χ2n) is 8.21. The van der Waals surface area contributed by atoms with E-state index in [-0.39, 0.29) is 30.0 Å². The first-order chi connectivity index (χ1) is 15.5. The summed E-state index contributed by atoms with van der Waals surface area (Å²) in [5.74, 6) is -0.648. The maximum atomic E-state index is 13.8. The van der Waals surface area contributed by atoms with Crippen LogP contribution in [0.15, 0.2) is 73.1 Å². The normalized spacial score (nSPS) is 16.7. The molecule has 3 aromatic rings. The number of likely N-dealkylation sites (N-methyl/N-ethyl adjacent to an activating group) is 1. The maximum absolute atomic E-state index is 13.8. The van der Waals surface area contributed by atoms with Crippen LogP contribution in [0.25, 0.3) is 11.1 Å². The third kappa shape index (κ3) is 5.02. The van der Waals surface area contributed by atoms with E-state index < -0.39 is 0 Å². The van der Waals surface area contributed by atoms with Crippen LogP contribution in [0.5, 0.6) is 0 Å². The molecule has 1 aromatic heterocycles. The molecule has 1 unspecified atom stereocenters. The predicted octanol–water partition coefficient (Wildman–Crippen LogP) is 3.59. The Bertz CT molecular complexity index is 1100. The number of hydrogen-bond acceptors (Lipinski definition) is 3. The molecule has 32 heavy (non-hydrogen) atoms. The number of nitrogens with zero attached hydrogens (tertiary/aromatic N) is 3. The van der Waals surface area contributed by atoms with Crippen LogP contribution >= 0.6 is 0 Å². The molecule has 0 N–H and O–H groups in total. The highest BCUT2D eigenvalue weighted by atomic mass is 19.1. The number of halogens is 1. The van der Waals surface area contributed by atoms with E-state index in [9.17, 15) is 14.0 Å². The number of aromatic nitrogens is 1. The minimum absolute atomic E-state index is 0.00971. The molecule has 1 saturated heterocycles. The van der Waals surface area contributed by atoms with E-state index in [1.54, 1.807) is 35.3 Å². The summed E-state index contributed by atoms with van der Waals surface area (Å²) in [7, 11) is 1.78. The molecule has 0 spiro atoms. The van der Waals surface area contributed by atoms with Gasteiger partial charge in [-0.1, -0.05) is 42.5 Å². The number of hydrogen-bond donors (Lipinski definition) is 0. The van der Waals surface area contributed by atoms with E-state index >= 15 is 0 Å². The van der Waals surface area contributed by atoms with E-state index in [4.69, 9.17) is 0 Å². The molecule has 4 rings (SSSR count). The van der Waals surface area contributed by atoms with Crippen molar-refractivity contribution in [2.75, 3.05) is 26.7 Å². The van der Waals surface area contributed by atoms with E-state index in [1.165, 1.54) is 12.1 Å². The van der Waals surface area contributed by atoms with Crippen LogP contribution in [0.4, 0.5) is 4.39 Å². The number of benzene rings is 2. The molecule has 0 bridgehead atoms. The van der Waals surface area contributed by atoms with Gasteiger partial charge in [0.1, 0.15) is 5.82 Å². The molecule has 0 aliphatic carbocycles. The summed E-state index contributed by atoms with van der Waals surface area (Å²) in [4.78, 5) is 33.6. The molecule has 1 aliphatic heterocycles. The number of rotatable bonds is 5. The van der Waals surface area contributed by atoms with Gasteiger partial charge in [0.2, 0.25) is 11.8 Å². The molecular weight excluding hydrogens is 405 g/mol. The van der Waals surface area contributed by atoms with Gasteiger partial charge < -0.3 is 9.80 Å². The topological polar surface area (TPSA) is 53.5 Å². The summed E-state index contributed by atoms with van der Waals surface area (Å²) in [6, 6.07) is 17.9. The quantitative estimate of drug-likeness (QED) is 0.620. The highest BCUT2D eigenvalue weighted by Gasteiger charge is 2.31. The number of carbonyl (C=O) groups excluding carboxylic acids is 2. The smallest absolute Gasteiger partial charge is 0.227 e. The SMILES string of the molecule is CN1CCN(C(=O)Cc2cccnc2)CC(Cc2ccccc2-c2cccc(F)c2)C1=O. The van der Waals surface area contributed by atoms with E-state index in [1.807, 2.05) is 42.5 Å². The average Bonchev–Trinajstić information content (AvgIpc) is 2.94. The molecular formula is C26H26FN3O2. The van der Waals surface area contributed by atoms with E-state index in [2.05, 4.69) is 4.98 Å². The second kappa shape index (κ2) is 9.73. The summed E-state index contributed by atoms with van der Waals surface area (Å²) in [5.41, 5.74) is 3.50. The average molecular weight is 432 g/mol. The molecule has 5 nitrogen and oxygen atoms in total. The Balaban J connectivity index is 1.57. The lowest BCUT2D eigenvalue weighted by Crippen LogP contribution is -2.38. The fourth-order valence-corrected chi connectivity index (χ4v) is 4.20. The Morgan fingerprint density at radius 2 is 1.94 bits per heavy atom. The van der Waals surface area contributed by atoms with Gasteiger partial charge in [0.15, 0.2) is 0 Å². The van der Waals surface area contributed by atoms with Gasteiger partial charge in [0.25, 0.3) is 0 Å². The third-order valence-electron chi connectivity index (χ3n) is 5.92. The summed E-state index contributed by atoms with van der Waals surface area (Å²) < 4.78 is 13.8. The molecule has 164 valence electrons. The van der Waals surface area contributed by atoms with E-state index in [0.717, 1.165) is 22.3 Å². The van der Waals surface area contributed by atoms with Crippen molar-refractivity contribution in [2.45, 2.75) is 12.8 Å². The molecule has 2 heterocycles. The van der Waals surface area contributed by atoms with Gasteiger partial charge in [-0.3, -0.25) is 14.6 Å². The van der Waals surface area contributed by atoms with Crippen LogP contribution in [-0.4, -0.2) is 53.3 Å². The predicted molar refractivity (Wildman–Crippen MR) is 121 cm³/mol. The second-order valence-corrected chi connectivity index (χ2v) is 8.21. The van der Waals surface area contributed by atoms with Gasteiger partial charge in [0.05, 0.1) is 12.3 Å². The van der Waals surface area contributed by atoms with Crippen LogP contribution in [-0.2, 0) is 22.4 Å². The molecule has 6 heteroatoms. The first-order valence-electron chi connectivity index (χ1n) is 10.8. The molecule has 0 saturated carbocycles. The van der Waals surface area contributed by atoms with Gasteiger partial charge in [-0.15, -0.1) is 0 Å². The number of amides is 2. The van der Waals surface area contributed by atoms with Crippen molar-refractivity contribution in [1.82, 2.24) is 14.8 Å². The maximum Gasteiger partial charge on any atom is 0.227 e. The zero-order valence-electron chi connectivity index (χ0n) is 18.1. The Labute approximate surface area is 187 Å². The van der Waals surface area contributed by atoms with Crippen molar-refractivity contribution in [3.63, 3.8) is 0 Å². The van der Waals surface area contributed by atoms with Gasteiger partial charge in [-0.25, -0.2) is 4.39 Å². The van der Waals surface area contributed by atoms with Crippen LogP contribution in [0.2, 0.25) is 0 Å². The third-order valence-corrected chi connectivity index (χ3v) is 5.92. The van der Waals surface area contributed by atoms with Crippen molar-refractivity contribution in [1.29, 1.82) is 0 Å². The van der Waals surface area contributed by atoms with Gasteiger partial charge >= 0.3 is 0 Å². The van der Waals surface area contributed by atoms with Crippen molar-refractivity contribution in [3.8, 4) is 11.1 Å². The van der Waals surface area contributed by atoms with Crippen molar-refractivity contribution >= 4 is 11.8 Å². The van der Waals surface area contributed by atoms with Gasteiger partial charge in [-0.05, 0) is 46.9 Å². The summed E-state index contributed by atoms with van der Waals surface area (Å²) in [6.45, 7) is 1.36. The minimum atomic E-state index is -0.366. The number of pyridine rings is 1. The first-order valence-corrected chi connectivity index (χ1v) is 10.8. The van der Waals surface area contributed by atoms with Crippen LogP contribution < -0.4 is 0 Å². The fraction of sp³-hybridized carbons (Fsp3) is 0.269. The van der Waals surface area contributed by atoms with Crippen molar-refractivity contribution < 1.29 is 14.0 Å². The molecule has 0 radical (unpaired) electrons. The largest absolute Gasteiger partial charge is 0.344 e. The lowest BCUT2D eigenvalue weighted by molar-refractivity contribution is -0.133. The lowest BCUT2D eigenvalue weighted by atomic mass is 9.91. The van der Waals surface area contributed by atoms with Crippen LogP contribution in [0.1, 0.15) is 11.1 Å². The first kappa shape index (κ1) is 21.7. The van der Waals surface area contributed by atoms with Gasteiger partial charge in [-0.2, -0.15) is 0 Å². The Morgan fingerprint density at radius 1 is 1.09 bits per heavy atom. The van der Waals surface area contributed by atoms with Crippen LogP contribution in [0.3, 0.4) is 0 Å². The Morgan fingerprint density at radius 3 is 2.72 bits per heavy atom. The zero-order chi connectivity index (χ0) is 22.5. The standard InChI is InChI=1S/C26H26FN3O2/c1-29-12-13-30(25(31)14-19-6-5-11-28-17-19)18-22(26(29)32)15-20-7-2-3-10-24(20)21-8-4-9-23(27)16-21/h2-11,16-17,22H,12-15,18H2,1H3. The molecule has 2 amide bonds. The van der Waals surface area contributed by atoms with Crippen molar-refractivity contribution in [3.05, 3.63) is 90.0 Å². The van der Waals surface area contributed by atoms with Crippen molar-refractivity contribution in [2.24, 2.45) is 5.92 Å². The Hall–Kier alpha value is -3.54. The Kier molecular flexibility index (Phi) is 6.59. The monoisotopic (exact) mass is 431 g/mol. The van der Waals surface area contributed by atoms with Crippen LogP contribution in [0, 0.1) is 11.7 Å².